The lowest BCUT2D eigenvalue weighted by Crippen LogP contribution is -2.36. The highest BCUT2D eigenvalue weighted by Crippen LogP contribution is 2.16. The molecule has 1 aliphatic rings. The van der Waals surface area contributed by atoms with Crippen molar-refractivity contribution < 1.29 is 9.53 Å². The number of rotatable bonds is 5. The summed E-state index contributed by atoms with van der Waals surface area (Å²) in [6.07, 6.45) is 3.74. The average molecular weight is 262 g/mol. The highest BCUT2D eigenvalue weighted by Gasteiger charge is 2.19. The standard InChI is InChI=1S/C15H22N2O2/c16-11-14(12-6-2-1-3-7-12)17-15(18)10-13-8-4-5-9-19-13/h1-3,6-7,13-14H,4-5,8-11,16H2,(H,17,18). The second-order valence-corrected chi connectivity index (χ2v) is 4.96. The molecule has 2 unspecified atom stereocenters. The third-order valence-corrected chi connectivity index (χ3v) is 3.46. The van der Waals surface area contributed by atoms with E-state index >= 15 is 0 Å². The Morgan fingerprint density at radius 1 is 1.37 bits per heavy atom. The molecule has 0 radical (unpaired) electrons. The summed E-state index contributed by atoms with van der Waals surface area (Å²) in [5.41, 5.74) is 6.78. The van der Waals surface area contributed by atoms with Crippen molar-refractivity contribution in [3.63, 3.8) is 0 Å². The molecule has 2 atom stereocenters. The molecular weight excluding hydrogens is 240 g/mol. The number of carbonyl (C=O) groups is 1. The Morgan fingerprint density at radius 2 is 2.16 bits per heavy atom. The van der Waals surface area contributed by atoms with Crippen molar-refractivity contribution in [1.29, 1.82) is 0 Å². The number of amides is 1. The zero-order valence-electron chi connectivity index (χ0n) is 11.2. The van der Waals surface area contributed by atoms with E-state index in [1.165, 1.54) is 0 Å². The molecule has 1 aromatic rings. The van der Waals surface area contributed by atoms with Gasteiger partial charge in [-0.05, 0) is 24.8 Å². The van der Waals surface area contributed by atoms with E-state index in [-0.39, 0.29) is 18.1 Å². The van der Waals surface area contributed by atoms with E-state index in [4.69, 9.17) is 10.5 Å². The molecule has 0 saturated carbocycles. The summed E-state index contributed by atoms with van der Waals surface area (Å²) in [6, 6.07) is 9.71. The van der Waals surface area contributed by atoms with Crippen LogP contribution in [0.4, 0.5) is 0 Å². The van der Waals surface area contributed by atoms with Crippen LogP contribution in [0.15, 0.2) is 30.3 Å². The van der Waals surface area contributed by atoms with Crippen molar-refractivity contribution in [3.8, 4) is 0 Å². The van der Waals surface area contributed by atoms with Gasteiger partial charge in [0.2, 0.25) is 5.91 Å². The number of hydrogen-bond donors (Lipinski definition) is 2. The van der Waals surface area contributed by atoms with E-state index in [9.17, 15) is 4.79 Å². The molecule has 1 saturated heterocycles. The monoisotopic (exact) mass is 262 g/mol. The topological polar surface area (TPSA) is 64.3 Å². The first-order valence-electron chi connectivity index (χ1n) is 6.95. The summed E-state index contributed by atoms with van der Waals surface area (Å²) < 4.78 is 5.58. The molecule has 4 heteroatoms. The van der Waals surface area contributed by atoms with Crippen LogP contribution in [0.3, 0.4) is 0 Å². The molecule has 1 aliphatic heterocycles. The van der Waals surface area contributed by atoms with Crippen LogP contribution in [-0.2, 0) is 9.53 Å². The molecule has 0 aliphatic carbocycles. The van der Waals surface area contributed by atoms with Crippen molar-refractivity contribution >= 4 is 5.91 Å². The molecule has 3 N–H and O–H groups in total. The van der Waals surface area contributed by atoms with Gasteiger partial charge < -0.3 is 15.8 Å². The van der Waals surface area contributed by atoms with Crippen LogP contribution in [0.5, 0.6) is 0 Å². The first-order valence-corrected chi connectivity index (χ1v) is 6.95. The zero-order chi connectivity index (χ0) is 13.5. The van der Waals surface area contributed by atoms with Gasteiger partial charge in [0, 0.05) is 13.2 Å². The first-order chi connectivity index (χ1) is 9.29. The SMILES string of the molecule is NCC(NC(=O)CC1CCCCO1)c1ccccc1. The quantitative estimate of drug-likeness (QED) is 0.850. The van der Waals surface area contributed by atoms with E-state index < -0.39 is 0 Å². The zero-order valence-corrected chi connectivity index (χ0v) is 11.2. The lowest BCUT2D eigenvalue weighted by atomic mass is 10.0. The van der Waals surface area contributed by atoms with Crippen molar-refractivity contribution in [2.24, 2.45) is 5.73 Å². The molecule has 104 valence electrons. The minimum absolute atomic E-state index is 0.0196. The van der Waals surface area contributed by atoms with Crippen molar-refractivity contribution in [3.05, 3.63) is 35.9 Å². The number of nitrogens with two attached hydrogens (primary N) is 1. The van der Waals surface area contributed by atoms with Gasteiger partial charge in [-0.2, -0.15) is 0 Å². The smallest absolute Gasteiger partial charge is 0.223 e. The van der Waals surface area contributed by atoms with Gasteiger partial charge >= 0.3 is 0 Å². The van der Waals surface area contributed by atoms with Crippen molar-refractivity contribution in [2.75, 3.05) is 13.2 Å². The van der Waals surface area contributed by atoms with Crippen LogP contribution >= 0.6 is 0 Å². The van der Waals surface area contributed by atoms with Gasteiger partial charge in [-0.3, -0.25) is 4.79 Å². The molecule has 4 nitrogen and oxygen atoms in total. The fourth-order valence-corrected chi connectivity index (χ4v) is 2.39. The molecule has 1 fully saturated rings. The molecule has 0 bridgehead atoms. The fourth-order valence-electron chi connectivity index (χ4n) is 2.39. The van der Waals surface area contributed by atoms with Crippen LogP contribution in [0, 0.1) is 0 Å². The highest BCUT2D eigenvalue weighted by molar-refractivity contribution is 5.77. The molecule has 0 aromatic heterocycles. The predicted molar refractivity (Wildman–Crippen MR) is 74.6 cm³/mol. The lowest BCUT2D eigenvalue weighted by molar-refractivity contribution is -0.125. The Labute approximate surface area is 114 Å². The summed E-state index contributed by atoms with van der Waals surface area (Å²) in [6.45, 7) is 1.18. The van der Waals surface area contributed by atoms with E-state index in [1.807, 2.05) is 30.3 Å². The number of nitrogens with one attached hydrogen (secondary N) is 1. The van der Waals surface area contributed by atoms with Gasteiger partial charge in [-0.1, -0.05) is 30.3 Å². The van der Waals surface area contributed by atoms with E-state index in [2.05, 4.69) is 5.32 Å². The second kappa shape index (κ2) is 7.26. The first kappa shape index (κ1) is 14.0. The number of benzene rings is 1. The van der Waals surface area contributed by atoms with Gasteiger partial charge in [-0.15, -0.1) is 0 Å². The maximum absolute atomic E-state index is 12.0. The Balaban J connectivity index is 1.85. The number of hydrogen-bond acceptors (Lipinski definition) is 3. The number of ether oxygens (including phenoxy) is 1. The summed E-state index contributed by atoms with van der Waals surface area (Å²) >= 11 is 0. The Hall–Kier alpha value is -1.39. The third-order valence-electron chi connectivity index (χ3n) is 3.46. The summed E-state index contributed by atoms with van der Waals surface area (Å²) in [4.78, 5) is 12.0. The van der Waals surface area contributed by atoms with Gasteiger partial charge in [0.15, 0.2) is 0 Å². The minimum atomic E-state index is -0.114. The maximum Gasteiger partial charge on any atom is 0.223 e. The second-order valence-electron chi connectivity index (χ2n) is 4.96. The van der Waals surface area contributed by atoms with Crippen LogP contribution in [0.1, 0.15) is 37.3 Å². The molecule has 0 spiro atoms. The fraction of sp³-hybridized carbons (Fsp3) is 0.533. The van der Waals surface area contributed by atoms with Crippen molar-refractivity contribution in [1.82, 2.24) is 5.32 Å². The van der Waals surface area contributed by atoms with Gasteiger partial charge in [0.05, 0.1) is 18.6 Å². The van der Waals surface area contributed by atoms with Gasteiger partial charge in [-0.25, -0.2) is 0 Å². The van der Waals surface area contributed by atoms with Crippen LogP contribution < -0.4 is 11.1 Å². The Morgan fingerprint density at radius 3 is 2.79 bits per heavy atom. The molecule has 1 heterocycles. The maximum atomic E-state index is 12.0. The molecule has 1 aromatic carbocycles. The van der Waals surface area contributed by atoms with Crippen LogP contribution in [-0.4, -0.2) is 25.2 Å². The average Bonchev–Trinajstić information content (AvgIpc) is 2.47. The summed E-state index contributed by atoms with van der Waals surface area (Å²) in [5.74, 6) is 0.0196. The normalized spacial score (nSPS) is 20.8. The number of carbonyl (C=O) groups excluding carboxylic acids is 1. The van der Waals surface area contributed by atoms with Gasteiger partial charge in [0.25, 0.3) is 0 Å². The third kappa shape index (κ3) is 4.33. The van der Waals surface area contributed by atoms with Gasteiger partial charge in [0.1, 0.15) is 0 Å². The van der Waals surface area contributed by atoms with E-state index in [0.29, 0.717) is 13.0 Å². The molecule has 1 amide bonds. The van der Waals surface area contributed by atoms with Crippen LogP contribution in [0.2, 0.25) is 0 Å². The summed E-state index contributed by atoms with van der Waals surface area (Å²) in [5, 5.41) is 2.99. The van der Waals surface area contributed by atoms with Crippen molar-refractivity contribution in [2.45, 2.75) is 37.8 Å². The van der Waals surface area contributed by atoms with Crippen LogP contribution in [0.25, 0.3) is 0 Å². The largest absolute Gasteiger partial charge is 0.378 e. The minimum Gasteiger partial charge on any atom is -0.378 e. The molecule has 19 heavy (non-hydrogen) atoms. The van der Waals surface area contributed by atoms with E-state index in [0.717, 1.165) is 31.4 Å². The summed E-state index contributed by atoms with van der Waals surface area (Å²) in [7, 11) is 0. The van der Waals surface area contributed by atoms with E-state index in [1.54, 1.807) is 0 Å². The molecule has 2 rings (SSSR count). The highest BCUT2D eigenvalue weighted by atomic mass is 16.5. The predicted octanol–water partition coefficient (Wildman–Crippen LogP) is 1.76. The molecular formula is C15H22N2O2. The lowest BCUT2D eigenvalue weighted by Gasteiger charge is -2.23. The Bertz CT molecular complexity index is 388. The Kier molecular flexibility index (Phi) is 5.36.